The Morgan fingerprint density at radius 1 is 1.12 bits per heavy atom. The van der Waals surface area contributed by atoms with E-state index in [4.69, 9.17) is 10.00 Å². The minimum absolute atomic E-state index is 0.318. The quantitative estimate of drug-likeness (QED) is 0.331. The summed E-state index contributed by atoms with van der Waals surface area (Å²) in [6.07, 6.45) is 17.1. The fourth-order valence-electron chi connectivity index (χ4n) is 4.03. The third kappa shape index (κ3) is 7.24. The van der Waals surface area contributed by atoms with Gasteiger partial charge in [-0.1, -0.05) is 38.3 Å². The van der Waals surface area contributed by atoms with E-state index in [9.17, 15) is 0 Å². The number of hydrogen-bond acceptors (Lipinski definition) is 2. The largest absolute Gasteiger partial charge is 0.499 e. The first-order valence-electron chi connectivity index (χ1n) is 10.5. The fraction of sp³-hybridized carbons (Fsp3) is 0.625. The molecule has 0 saturated heterocycles. The van der Waals surface area contributed by atoms with Crippen LogP contribution in [0.25, 0.3) is 0 Å². The molecule has 0 aliphatic heterocycles. The maximum Gasteiger partial charge on any atom is 0.0991 e. The Kier molecular flexibility index (Phi) is 9.32. The smallest absolute Gasteiger partial charge is 0.0991 e. The predicted molar refractivity (Wildman–Crippen MR) is 109 cm³/mol. The maximum absolute atomic E-state index is 8.92. The summed E-state index contributed by atoms with van der Waals surface area (Å²) in [5.41, 5.74) is 2.16. The molecule has 2 rings (SSSR count). The Bertz CT molecular complexity index is 561. The van der Waals surface area contributed by atoms with Crippen LogP contribution < -0.4 is 0 Å². The SMILES string of the molecule is CCCCCCC=COC(C)CC1CCC(c2ccc(C#N)cc2)CC1. The molecule has 1 unspecified atom stereocenters. The van der Waals surface area contributed by atoms with Crippen molar-refractivity contribution in [2.45, 2.75) is 90.1 Å². The van der Waals surface area contributed by atoms with E-state index in [0.29, 0.717) is 12.0 Å². The van der Waals surface area contributed by atoms with Gasteiger partial charge in [0.2, 0.25) is 0 Å². The highest BCUT2D eigenvalue weighted by atomic mass is 16.5. The first-order chi connectivity index (χ1) is 12.7. The highest BCUT2D eigenvalue weighted by Gasteiger charge is 2.23. The molecule has 142 valence electrons. The second kappa shape index (κ2) is 11.8. The van der Waals surface area contributed by atoms with E-state index in [1.54, 1.807) is 0 Å². The summed E-state index contributed by atoms with van der Waals surface area (Å²) in [6.45, 7) is 4.45. The van der Waals surface area contributed by atoms with Crippen molar-refractivity contribution < 1.29 is 4.74 Å². The van der Waals surface area contributed by atoms with Crippen LogP contribution in [0.2, 0.25) is 0 Å². The molecule has 0 spiro atoms. The van der Waals surface area contributed by atoms with Gasteiger partial charge in [0, 0.05) is 0 Å². The molecule has 26 heavy (non-hydrogen) atoms. The van der Waals surface area contributed by atoms with Gasteiger partial charge in [0.15, 0.2) is 0 Å². The number of allylic oxidation sites excluding steroid dienone is 1. The Morgan fingerprint density at radius 3 is 2.50 bits per heavy atom. The van der Waals surface area contributed by atoms with E-state index in [1.165, 1.54) is 63.4 Å². The van der Waals surface area contributed by atoms with Gasteiger partial charge in [-0.15, -0.1) is 0 Å². The molecule has 2 heteroatoms. The summed E-state index contributed by atoms with van der Waals surface area (Å²) in [5.74, 6) is 1.45. The topological polar surface area (TPSA) is 33.0 Å². The zero-order chi connectivity index (χ0) is 18.6. The lowest BCUT2D eigenvalue weighted by Crippen LogP contribution is -2.18. The van der Waals surface area contributed by atoms with Crippen LogP contribution in [0.5, 0.6) is 0 Å². The number of benzene rings is 1. The summed E-state index contributed by atoms with van der Waals surface area (Å²) in [7, 11) is 0. The van der Waals surface area contributed by atoms with Gasteiger partial charge in [-0.3, -0.25) is 0 Å². The summed E-state index contributed by atoms with van der Waals surface area (Å²) in [5, 5.41) is 8.92. The standard InChI is InChI=1S/C24H35NO/c1-3-4-5-6-7-8-17-26-20(2)18-21-9-13-23(14-10-21)24-15-11-22(19-25)12-16-24/h8,11-12,15-17,20-21,23H,3-7,9-10,13-14,18H2,1-2H3. The van der Waals surface area contributed by atoms with Crippen LogP contribution in [-0.4, -0.2) is 6.10 Å². The zero-order valence-corrected chi connectivity index (χ0v) is 16.6. The number of ether oxygens (including phenoxy) is 1. The molecule has 1 saturated carbocycles. The number of rotatable bonds is 10. The monoisotopic (exact) mass is 353 g/mol. The van der Waals surface area contributed by atoms with Crippen LogP contribution in [0, 0.1) is 17.2 Å². The lowest BCUT2D eigenvalue weighted by Gasteiger charge is -2.30. The van der Waals surface area contributed by atoms with Crippen molar-refractivity contribution in [3.05, 3.63) is 47.7 Å². The molecule has 1 fully saturated rings. The average Bonchev–Trinajstić information content (AvgIpc) is 2.68. The minimum Gasteiger partial charge on any atom is -0.499 e. The number of nitrogens with zero attached hydrogens (tertiary/aromatic N) is 1. The molecule has 1 aliphatic carbocycles. The molecular formula is C24H35NO. The first-order valence-corrected chi connectivity index (χ1v) is 10.5. The van der Waals surface area contributed by atoms with Crippen LogP contribution in [0.4, 0.5) is 0 Å². The summed E-state index contributed by atoms with van der Waals surface area (Å²) >= 11 is 0. The van der Waals surface area contributed by atoms with Crippen LogP contribution in [-0.2, 0) is 4.74 Å². The van der Waals surface area contributed by atoms with Crippen molar-refractivity contribution in [3.63, 3.8) is 0 Å². The number of hydrogen-bond donors (Lipinski definition) is 0. The Labute approximate surface area is 160 Å². The van der Waals surface area contributed by atoms with E-state index in [-0.39, 0.29) is 0 Å². The first kappa shape index (κ1) is 20.6. The molecule has 0 heterocycles. The molecular weight excluding hydrogens is 318 g/mol. The Morgan fingerprint density at radius 2 is 1.85 bits per heavy atom. The molecule has 0 radical (unpaired) electrons. The van der Waals surface area contributed by atoms with Crippen LogP contribution in [0.3, 0.4) is 0 Å². The van der Waals surface area contributed by atoms with Gasteiger partial charge in [-0.2, -0.15) is 5.26 Å². The van der Waals surface area contributed by atoms with Crippen molar-refractivity contribution >= 4 is 0 Å². The van der Waals surface area contributed by atoms with Gasteiger partial charge in [0.25, 0.3) is 0 Å². The van der Waals surface area contributed by atoms with Crippen molar-refractivity contribution in [1.29, 1.82) is 5.26 Å². The highest BCUT2D eigenvalue weighted by Crippen LogP contribution is 2.37. The van der Waals surface area contributed by atoms with Gasteiger partial charge in [0.05, 0.1) is 24.0 Å². The second-order valence-electron chi connectivity index (χ2n) is 7.85. The van der Waals surface area contributed by atoms with Gasteiger partial charge in [-0.25, -0.2) is 0 Å². The normalized spacial score (nSPS) is 21.4. The van der Waals surface area contributed by atoms with Crippen LogP contribution >= 0.6 is 0 Å². The number of nitriles is 1. The fourth-order valence-corrected chi connectivity index (χ4v) is 4.03. The molecule has 1 aromatic rings. The third-order valence-electron chi connectivity index (χ3n) is 5.65. The average molecular weight is 354 g/mol. The Hall–Kier alpha value is -1.75. The molecule has 1 aliphatic rings. The van der Waals surface area contributed by atoms with Gasteiger partial charge in [-0.05, 0) is 87.5 Å². The van der Waals surface area contributed by atoms with Crippen molar-refractivity contribution in [3.8, 4) is 6.07 Å². The molecule has 0 bridgehead atoms. The summed E-state index contributed by atoms with van der Waals surface area (Å²) in [6, 6.07) is 10.4. The predicted octanol–water partition coefficient (Wildman–Crippen LogP) is 7.11. The van der Waals surface area contributed by atoms with E-state index in [2.05, 4.69) is 38.1 Å². The summed E-state index contributed by atoms with van der Waals surface area (Å²) in [4.78, 5) is 0. The zero-order valence-electron chi connectivity index (χ0n) is 16.6. The summed E-state index contributed by atoms with van der Waals surface area (Å²) < 4.78 is 5.88. The van der Waals surface area contributed by atoms with E-state index in [0.717, 1.165) is 17.9 Å². The molecule has 1 atom stereocenters. The lowest BCUT2D eigenvalue weighted by molar-refractivity contribution is 0.120. The lowest BCUT2D eigenvalue weighted by atomic mass is 9.77. The van der Waals surface area contributed by atoms with E-state index < -0.39 is 0 Å². The minimum atomic E-state index is 0.318. The van der Waals surface area contributed by atoms with E-state index >= 15 is 0 Å². The van der Waals surface area contributed by atoms with Crippen molar-refractivity contribution in [2.24, 2.45) is 5.92 Å². The maximum atomic E-state index is 8.92. The second-order valence-corrected chi connectivity index (χ2v) is 7.85. The third-order valence-corrected chi connectivity index (χ3v) is 5.65. The molecule has 1 aromatic carbocycles. The highest BCUT2D eigenvalue weighted by molar-refractivity contribution is 5.33. The van der Waals surface area contributed by atoms with E-state index in [1.807, 2.05) is 18.4 Å². The molecule has 0 N–H and O–H groups in total. The van der Waals surface area contributed by atoms with Crippen molar-refractivity contribution in [2.75, 3.05) is 0 Å². The van der Waals surface area contributed by atoms with Gasteiger partial charge >= 0.3 is 0 Å². The van der Waals surface area contributed by atoms with Crippen molar-refractivity contribution in [1.82, 2.24) is 0 Å². The van der Waals surface area contributed by atoms with Gasteiger partial charge < -0.3 is 4.74 Å². The molecule has 0 amide bonds. The van der Waals surface area contributed by atoms with Gasteiger partial charge in [0.1, 0.15) is 0 Å². The van der Waals surface area contributed by atoms with Crippen LogP contribution in [0.15, 0.2) is 36.6 Å². The molecule has 2 nitrogen and oxygen atoms in total. The van der Waals surface area contributed by atoms with Crippen LogP contribution in [0.1, 0.15) is 95.1 Å². The Balaban J connectivity index is 1.63. The molecule has 0 aromatic heterocycles. The number of unbranched alkanes of at least 4 members (excludes halogenated alkanes) is 4.